The lowest BCUT2D eigenvalue weighted by atomic mass is 9.95. The first kappa shape index (κ1) is 27.5. The molecule has 2 heterocycles. The minimum Gasteiger partial charge on any atom is -0.507 e. The highest BCUT2D eigenvalue weighted by Gasteiger charge is 2.46. The van der Waals surface area contributed by atoms with Crippen LogP contribution in [-0.2, 0) is 14.3 Å². The molecule has 4 rings (SSSR count). The molecule has 9 heteroatoms. The largest absolute Gasteiger partial charge is 0.507 e. The highest BCUT2D eigenvalue weighted by molar-refractivity contribution is 6.46. The number of morpholine rings is 1. The minimum absolute atomic E-state index is 0.0365. The van der Waals surface area contributed by atoms with E-state index < -0.39 is 17.7 Å². The Bertz CT molecular complexity index is 1150. The zero-order valence-corrected chi connectivity index (χ0v) is 22.4. The van der Waals surface area contributed by atoms with Gasteiger partial charge in [-0.3, -0.25) is 14.5 Å². The number of amides is 1. The van der Waals surface area contributed by atoms with Crippen LogP contribution in [0.25, 0.3) is 5.76 Å². The molecule has 0 spiro atoms. The van der Waals surface area contributed by atoms with E-state index in [0.29, 0.717) is 59.7 Å². The second-order valence-corrected chi connectivity index (χ2v) is 10.0. The standard InChI is InChI=1S/C28H32Cl2N2O5/c1-2-3-15-37-21-8-5-19(6-9-21)26(33)24-25(20-7-10-22(29)23(30)18-20)32(28(35)27(24)34)12-4-11-31-13-16-36-17-14-31/h5-10,18,25,33H,2-4,11-17H2,1H3/b26-24+. The minimum atomic E-state index is -0.778. The fourth-order valence-electron chi connectivity index (χ4n) is 4.63. The molecule has 2 fully saturated rings. The van der Waals surface area contributed by atoms with E-state index in [0.717, 1.165) is 32.5 Å². The molecule has 2 aromatic carbocycles. The molecular formula is C28H32Cl2N2O5. The number of carbonyl (C=O) groups excluding carboxylic acids is 2. The van der Waals surface area contributed by atoms with Gasteiger partial charge in [-0.05, 0) is 54.8 Å². The molecule has 7 nitrogen and oxygen atoms in total. The average molecular weight is 547 g/mol. The number of hydrogen-bond acceptors (Lipinski definition) is 6. The third kappa shape index (κ3) is 6.47. The van der Waals surface area contributed by atoms with E-state index in [-0.39, 0.29) is 11.3 Å². The smallest absolute Gasteiger partial charge is 0.295 e. The zero-order chi connectivity index (χ0) is 26.4. The van der Waals surface area contributed by atoms with Crippen molar-refractivity contribution in [1.82, 2.24) is 9.80 Å². The number of ether oxygens (including phenoxy) is 2. The molecule has 1 atom stereocenters. The highest BCUT2D eigenvalue weighted by Crippen LogP contribution is 2.41. The first-order valence-electron chi connectivity index (χ1n) is 12.7. The second-order valence-electron chi connectivity index (χ2n) is 9.20. The number of Topliss-reactive ketones (excluding diaryl/α,β-unsaturated/α-hetero) is 1. The number of likely N-dealkylation sites (tertiary alicyclic amines) is 1. The number of unbranched alkanes of at least 4 members (excludes halogenated alkanes) is 1. The number of rotatable bonds is 10. The van der Waals surface area contributed by atoms with Crippen molar-refractivity contribution in [3.05, 3.63) is 69.2 Å². The lowest BCUT2D eigenvalue weighted by molar-refractivity contribution is -0.140. The average Bonchev–Trinajstić information content (AvgIpc) is 3.16. The fourth-order valence-corrected chi connectivity index (χ4v) is 4.93. The maximum Gasteiger partial charge on any atom is 0.295 e. The number of carbonyl (C=O) groups is 2. The van der Waals surface area contributed by atoms with Gasteiger partial charge in [0.1, 0.15) is 11.5 Å². The van der Waals surface area contributed by atoms with Crippen LogP contribution in [0, 0.1) is 0 Å². The number of halogens is 2. The maximum absolute atomic E-state index is 13.3. The number of aliphatic hydroxyl groups is 1. The van der Waals surface area contributed by atoms with Crippen LogP contribution in [0.5, 0.6) is 5.75 Å². The van der Waals surface area contributed by atoms with Crippen molar-refractivity contribution in [1.29, 1.82) is 0 Å². The van der Waals surface area contributed by atoms with Gasteiger partial charge in [0, 0.05) is 31.7 Å². The topological polar surface area (TPSA) is 79.3 Å². The Morgan fingerprint density at radius 2 is 1.76 bits per heavy atom. The molecule has 1 unspecified atom stereocenters. The second kappa shape index (κ2) is 12.8. The summed E-state index contributed by atoms with van der Waals surface area (Å²) in [5, 5.41) is 12.0. The van der Waals surface area contributed by atoms with Crippen molar-refractivity contribution in [3.63, 3.8) is 0 Å². The van der Waals surface area contributed by atoms with Crippen molar-refractivity contribution in [2.45, 2.75) is 32.2 Å². The van der Waals surface area contributed by atoms with Gasteiger partial charge in [0.05, 0.1) is 41.5 Å². The van der Waals surface area contributed by atoms with Crippen LogP contribution in [0.15, 0.2) is 48.0 Å². The summed E-state index contributed by atoms with van der Waals surface area (Å²) in [4.78, 5) is 30.2. The Kier molecular flexibility index (Phi) is 9.49. The van der Waals surface area contributed by atoms with Crippen LogP contribution in [0.1, 0.15) is 43.4 Å². The van der Waals surface area contributed by atoms with Crippen molar-refractivity contribution in [2.75, 3.05) is 46.0 Å². The summed E-state index contributed by atoms with van der Waals surface area (Å²) in [5.41, 5.74) is 1.08. The molecule has 37 heavy (non-hydrogen) atoms. The van der Waals surface area contributed by atoms with Gasteiger partial charge in [-0.25, -0.2) is 0 Å². The lowest BCUT2D eigenvalue weighted by Crippen LogP contribution is -2.38. The van der Waals surface area contributed by atoms with Crippen LogP contribution < -0.4 is 4.74 Å². The Morgan fingerprint density at radius 1 is 1.03 bits per heavy atom. The van der Waals surface area contributed by atoms with Gasteiger partial charge >= 0.3 is 0 Å². The van der Waals surface area contributed by atoms with Crippen molar-refractivity contribution in [2.24, 2.45) is 0 Å². The van der Waals surface area contributed by atoms with Gasteiger partial charge in [0.15, 0.2) is 0 Å². The monoisotopic (exact) mass is 546 g/mol. The first-order valence-corrected chi connectivity index (χ1v) is 13.4. The summed E-state index contributed by atoms with van der Waals surface area (Å²) in [6, 6.07) is 11.1. The van der Waals surface area contributed by atoms with E-state index in [1.54, 1.807) is 42.5 Å². The third-order valence-corrected chi connectivity index (χ3v) is 7.41. The summed E-state index contributed by atoms with van der Waals surface area (Å²) in [6.07, 6.45) is 2.65. The maximum atomic E-state index is 13.3. The summed E-state index contributed by atoms with van der Waals surface area (Å²) in [7, 11) is 0. The molecule has 0 aliphatic carbocycles. The van der Waals surface area contributed by atoms with Crippen molar-refractivity contribution >= 4 is 40.7 Å². The normalized spacial score (nSPS) is 20.0. The van der Waals surface area contributed by atoms with Gasteiger partial charge in [-0.1, -0.05) is 42.6 Å². The van der Waals surface area contributed by atoms with E-state index >= 15 is 0 Å². The number of ketones is 1. The molecule has 0 bridgehead atoms. The van der Waals surface area contributed by atoms with Gasteiger partial charge in [-0.15, -0.1) is 0 Å². The van der Waals surface area contributed by atoms with E-state index in [1.807, 2.05) is 0 Å². The molecule has 198 valence electrons. The molecule has 2 saturated heterocycles. The summed E-state index contributed by atoms with van der Waals surface area (Å²) >= 11 is 12.4. The third-order valence-electron chi connectivity index (χ3n) is 6.67. The summed E-state index contributed by atoms with van der Waals surface area (Å²) in [6.45, 7) is 6.89. The van der Waals surface area contributed by atoms with Crippen LogP contribution in [-0.4, -0.2) is 72.6 Å². The predicted molar refractivity (Wildman–Crippen MR) is 144 cm³/mol. The van der Waals surface area contributed by atoms with Crippen LogP contribution in [0.2, 0.25) is 10.0 Å². The molecule has 0 saturated carbocycles. The SMILES string of the molecule is CCCCOc1ccc(/C(O)=C2\C(=O)C(=O)N(CCCN3CCOCC3)C2c2ccc(Cl)c(Cl)c2)cc1. The highest BCUT2D eigenvalue weighted by atomic mass is 35.5. The van der Waals surface area contributed by atoms with E-state index in [9.17, 15) is 14.7 Å². The molecule has 2 aromatic rings. The lowest BCUT2D eigenvalue weighted by Gasteiger charge is -2.29. The van der Waals surface area contributed by atoms with Crippen LogP contribution in [0.4, 0.5) is 0 Å². The Balaban J connectivity index is 1.63. The Morgan fingerprint density at radius 3 is 2.43 bits per heavy atom. The van der Waals surface area contributed by atoms with Crippen molar-refractivity contribution in [3.8, 4) is 5.75 Å². The molecule has 1 amide bonds. The number of nitrogens with zero attached hydrogens (tertiary/aromatic N) is 2. The van der Waals surface area contributed by atoms with Gasteiger partial charge in [-0.2, -0.15) is 0 Å². The number of benzene rings is 2. The number of hydrogen-bond donors (Lipinski definition) is 1. The number of aliphatic hydroxyl groups excluding tert-OH is 1. The van der Waals surface area contributed by atoms with Crippen LogP contribution in [0.3, 0.4) is 0 Å². The van der Waals surface area contributed by atoms with E-state index in [4.69, 9.17) is 32.7 Å². The van der Waals surface area contributed by atoms with Crippen molar-refractivity contribution < 1.29 is 24.2 Å². The van der Waals surface area contributed by atoms with Crippen LogP contribution >= 0.6 is 23.2 Å². The van der Waals surface area contributed by atoms with Gasteiger partial charge in [0.2, 0.25) is 0 Å². The van der Waals surface area contributed by atoms with E-state index in [2.05, 4.69) is 11.8 Å². The van der Waals surface area contributed by atoms with Gasteiger partial charge in [0.25, 0.3) is 11.7 Å². The quantitative estimate of drug-likeness (QED) is 0.188. The molecular weight excluding hydrogens is 515 g/mol. The molecule has 1 N–H and O–H groups in total. The molecule has 2 aliphatic rings. The molecule has 0 radical (unpaired) electrons. The predicted octanol–water partition coefficient (Wildman–Crippen LogP) is 5.32. The Labute approximate surface area is 227 Å². The summed E-state index contributed by atoms with van der Waals surface area (Å²) < 4.78 is 11.1. The van der Waals surface area contributed by atoms with E-state index in [1.165, 1.54) is 4.90 Å². The Hall–Kier alpha value is -2.58. The molecule has 2 aliphatic heterocycles. The van der Waals surface area contributed by atoms with Gasteiger partial charge < -0.3 is 19.5 Å². The fraction of sp³-hybridized carbons (Fsp3) is 0.429. The summed E-state index contributed by atoms with van der Waals surface area (Å²) in [5.74, 6) is -0.915. The first-order chi connectivity index (χ1) is 17.9. The zero-order valence-electron chi connectivity index (χ0n) is 20.9. The molecule has 0 aromatic heterocycles.